The number of nitrogens with one attached hydrogen (secondary N) is 2. The number of aromatic nitrogens is 1. The van der Waals surface area contributed by atoms with Crippen LogP contribution in [0.5, 0.6) is 5.75 Å². The molecule has 0 bridgehead atoms. The van der Waals surface area contributed by atoms with Crippen LogP contribution < -0.4 is 20.5 Å². The molecule has 2 heterocycles. The van der Waals surface area contributed by atoms with Crippen LogP contribution in [-0.4, -0.2) is 55.9 Å². The molecule has 1 amide bonds. The average molecular weight is 451 g/mol. The van der Waals surface area contributed by atoms with E-state index in [1.165, 1.54) is 0 Å². The van der Waals surface area contributed by atoms with E-state index in [1.807, 2.05) is 37.3 Å². The van der Waals surface area contributed by atoms with Gasteiger partial charge in [0.1, 0.15) is 5.75 Å². The largest absolute Gasteiger partial charge is 0.497 e. The molecule has 1 aliphatic heterocycles. The van der Waals surface area contributed by atoms with E-state index >= 15 is 0 Å². The van der Waals surface area contributed by atoms with Gasteiger partial charge in [-0.2, -0.15) is 0 Å². The third kappa shape index (κ3) is 5.05. The van der Waals surface area contributed by atoms with Gasteiger partial charge in [-0.1, -0.05) is 0 Å². The van der Waals surface area contributed by atoms with Crippen molar-refractivity contribution in [2.75, 3.05) is 50.1 Å². The number of carbonyl (C=O) groups is 1. The van der Waals surface area contributed by atoms with Crippen LogP contribution in [0.15, 0.2) is 47.3 Å². The van der Waals surface area contributed by atoms with Crippen molar-refractivity contribution >= 4 is 28.4 Å². The number of amides is 1. The van der Waals surface area contributed by atoms with Crippen LogP contribution in [0.1, 0.15) is 18.1 Å². The number of hydrogen-bond acceptors (Lipinski definition) is 6. The topological polar surface area (TPSA) is 86.9 Å². The summed E-state index contributed by atoms with van der Waals surface area (Å²) >= 11 is 0. The number of anilines is 2. The van der Waals surface area contributed by atoms with Gasteiger partial charge < -0.3 is 29.6 Å². The fraction of sp³-hybridized carbons (Fsp3) is 0.360. The molecule has 0 atom stereocenters. The number of piperazine rings is 1. The van der Waals surface area contributed by atoms with E-state index in [1.54, 1.807) is 12.0 Å². The third-order valence-electron chi connectivity index (χ3n) is 5.98. The molecule has 8 nitrogen and oxygen atoms in total. The third-order valence-corrected chi connectivity index (χ3v) is 5.98. The Morgan fingerprint density at radius 2 is 1.88 bits per heavy atom. The van der Waals surface area contributed by atoms with Crippen molar-refractivity contribution in [2.45, 2.75) is 20.4 Å². The van der Waals surface area contributed by atoms with Gasteiger partial charge in [-0.15, -0.1) is 0 Å². The molecule has 2 aromatic carbocycles. The molecule has 1 aromatic heterocycles. The lowest BCUT2D eigenvalue weighted by atomic mass is 10.1. The first-order valence-corrected chi connectivity index (χ1v) is 11.2. The smallest absolute Gasteiger partial charge is 0.409 e. The molecule has 3 aromatic rings. The second-order valence-corrected chi connectivity index (χ2v) is 8.10. The van der Waals surface area contributed by atoms with Gasteiger partial charge in [0.05, 0.1) is 19.2 Å². The summed E-state index contributed by atoms with van der Waals surface area (Å²) in [6, 6.07) is 13.8. The quantitative estimate of drug-likeness (QED) is 0.595. The van der Waals surface area contributed by atoms with Gasteiger partial charge >= 0.3 is 6.09 Å². The molecule has 1 saturated heterocycles. The van der Waals surface area contributed by atoms with Crippen molar-refractivity contribution in [1.82, 2.24) is 9.88 Å². The number of aromatic amines is 1. The molecule has 0 aliphatic carbocycles. The van der Waals surface area contributed by atoms with E-state index in [4.69, 9.17) is 9.47 Å². The SMILES string of the molecule is CCOC(=O)N1CCN(c2ccc(NCc3cc4ccc(OC)cc4[nH]c3=O)c(C)c2)CC1. The zero-order valence-electron chi connectivity index (χ0n) is 19.3. The van der Waals surface area contributed by atoms with E-state index in [0.717, 1.165) is 40.9 Å². The van der Waals surface area contributed by atoms with Crippen LogP contribution in [0.2, 0.25) is 0 Å². The maximum Gasteiger partial charge on any atom is 0.409 e. The molecule has 4 rings (SSSR count). The number of H-pyrrole nitrogens is 1. The minimum Gasteiger partial charge on any atom is -0.497 e. The number of carbonyl (C=O) groups excluding carboxylic acids is 1. The molecule has 33 heavy (non-hydrogen) atoms. The molecule has 0 unspecified atom stereocenters. The number of nitrogens with zero attached hydrogens (tertiary/aromatic N) is 2. The molecule has 8 heteroatoms. The molecule has 0 spiro atoms. The Hall–Kier alpha value is -3.68. The van der Waals surface area contributed by atoms with Crippen LogP contribution in [0, 0.1) is 6.92 Å². The van der Waals surface area contributed by atoms with Gasteiger partial charge in [0, 0.05) is 55.7 Å². The summed E-state index contributed by atoms with van der Waals surface area (Å²) in [5.41, 5.74) is 4.52. The van der Waals surface area contributed by atoms with Crippen LogP contribution in [-0.2, 0) is 11.3 Å². The second kappa shape index (κ2) is 9.85. The van der Waals surface area contributed by atoms with Gasteiger partial charge in [-0.05, 0) is 61.2 Å². The number of aryl methyl sites for hydroxylation is 1. The molecular formula is C25H30N4O4. The lowest BCUT2D eigenvalue weighted by Crippen LogP contribution is -2.49. The highest BCUT2D eigenvalue weighted by Gasteiger charge is 2.22. The first-order valence-electron chi connectivity index (χ1n) is 11.2. The van der Waals surface area contributed by atoms with Gasteiger partial charge in [0.25, 0.3) is 5.56 Å². The van der Waals surface area contributed by atoms with Crippen molar-refractivity contribution in [2.24, 2.45) is 0 Å². The van der Waals surface area contributed by atoms with Crippen LogP contribution in [0.4, 0.5) is 16.2 Å². The summed E-state index contributed by atoms with van der Waals surface area (Å²) in [5.74, 6) is 0.710. The summed E-state index contributed by atoms with van der Waals surface area (Å²) in [7, 11) is 1.61. The summed E-state index contributed by atoms with van der Waals surface area (Å²) < 4.78 is 10.3. The molecule has 0 saturated carbocycles. The Labute approximate surface area is 193 Å². The number of methoxy groups -OCH3 is 1. The van der Waals surface area contributed by atoms with Crippen molar-refractivity contribution < 1.29 is 14.3 Å². The van der Waals surface area contributed by atoms with E-state index in [0.29, 0.717) is 37.6 Å². The number of fused-ring (bicyclic) bond motifs is 1. The van der Waals surface area contributed by atoms with Gasteiger partial charge in [-0.3, -0.25) is 4.79 Å². The zero-order chi connectivity index (χ0) is 23.4. The number of hydrogen-bond donors (Lipinski definition) is 2. The highest BCUT2D eigenvalue weighted by Crippen LogP contribution is 2.25. The van der Waals surface area contributed by atoms with Gasteiger partial charge in [0.2, 0.25) is 0 Å². The molecule has 1 fully saturated rings. The molecule has 2 N–H and O–H groups in total. The zero-order valence-corrected chi connectivity index (χ0v) is 19.3. The lowest BCUT2D eigenvalue weighted by Gasteiger charge is -2.35. The van der Waals surface area contributed by atoms with Crippen LogP contribution in [0.25, 0.3) is 10.9 Å². The summed E-state index contributed by atoms with van der Waals surface area (Å²) in [6.07, 6.45) is -0.240. The Kier molecular flexibility index (Phi) is 6.72. The van der Waals surface area contributed by atoms with Crippen molar-refractivity contribution in [3.8, 4) is 5.75 Å². The van der Waals surface area contributed by atoms with E-state index in [-0.39, 0.29) is 11.7 Å². The molecule has 174 valence electrons. The summed E-state index contributed by atoms with van der Waals surface area (Å²) in [6.45, 7) is 7.52. The highest BCUT2D eigenvalue weighted by molar-refractivity contribution is 5.80. The van der Waals surface area contributed by atoms with Gasteiger partial charge in [-0.25, -0.2) is 4.79 Å². The number of ether oxygens (including phenoxy) is 2. The second-order valence-electron chi connectivity index (χ2n) is 8.10. The number of benzene rings is 2. The van der Waals surface area contributed by atoms with Crippen molar-refractivity contribution in [1.29, 1.82) is 0 Å². The predicted octanol–water partition coefficient (Wildman–Crippen LogP) is 3.74. The Balaban J connectivity index is 1.41. The molecule has 1 aliphatic rings. The highest BCUT2D eigenvalue weighted by atomic mass is 16.6. The maximum atomic E-state index is 12.5. The monoisotopic (exact) mass is 450 g/mol. The van der Waals surface area contributed by atoms with E-state index in [2.05, 4.69) is 34.3 Å². The molecule has 0 radical (unpaired) electrons. The van der Waals surface area contributed by atoms with E-state index < -0.39 is 0 Å². The average Bonchev–Trinajstić information content (AvgIpc) is 2.83. The standard InChI is InChI=1S/C25H30N4O4/c1-4-33-25(31)29-11-9-28(10-12-29)20-6-8-22(17(2)13-20)26-16-19-14-18-5-7-21(32-3)15-23(18)27-24(19)30/h5-8,13-15,26H,4,9-12,16H2,1-3H3,(H,27,30). The van der Waals surface area contributed by atoms with Crippen LogP contribution in [0.3, 0.4) is 0 Å². The van der Waals surface area contributed by atoms with Crippen molar-refractivity contribution in [3.63, 3.8) is 0 Å². The fourth-order valence-electron chi connectivity index (χ4n) is 4.08. The van der Waals surface area contributed by atoms with Crippen LogP contribution >= 0.6 is 0 Å². The lowest BCUT2D eigenvalue weighted by molar-refractivity contribution is 0.105. The fourth-order valence-corrected chi connectivity index (χ4v) is 4.08. The van der Waals surface area contributed by atoms with E-state index in [9.17, 15) is 9.59 Å². The maximum absolute atomic E-state index is 12.5. The minimum atomic E-state index is -0.240. The Morgan fingerprint density at radius 3 is 2.58 bits per heavy atom. The first kappa shape index (κ1) is 22.5. The van der Waals surface area contributed by atoms with Crippen molar-refractivity contribution in [3.05, 3.63) is 63.9 Å². The first-order chi connectivity index (χ1) is 16.0. The number of pyridine rings is 1. The normalized spacial score (nSPS) is 13.8. The summed E-state index contributed by atoms with van der Waals surface area (Å²) in [4.78, 5) is 31.4. The Morgan fingerprint density at radius 1 is 1.09 bits per heavy atom. The molecular weight excluding hydrogens is 420 g/mol. The predicted molar refractivity (Wildman–Crippen MR) is 130 cm³/mol. The number of rotatable bonds is 6. The Bertz CT molecular complexity index is 1200. The minimum absolute atomic E-state index is 0.114. The summed E-state index contributed by atoms with van der Waals surface area (Å²) in [5, 5.41) is 4.35. The van der Waals surface area contributed by atoms with Gasteiger partial charge in [0.15, 0.2) is 0 Å².